The third-order valence-corrected chi connectivity index (χ3v) is 4.01. The first-order chi connectivity index (χ1) is 11.4. The van der Waals surface area contributed by atoms with Gasteiger partial charge in [0.15, 0.2) is 0 Å². The standard InChI is InChI=1S/C17H18F3N3O/c18-17(19,20)14-5-1-12(2-6-14)11-15(24)21-7-9-23-10-8-22-16(23)13-3-4-13/h1-2,5-6,8,10,13H,3-4,7,9,11H2,(H,21,24). The van der Waals surface area contributed by atoms with Crippen LogP contribution in [0.1, 0.15) is 35.7 Å². The van der Waals surface area contributed by atoms with E-state index in [-0.39, 0.29) is 12.3 Å². The van der Waals surface area contributed by atoms with Crippen LogP contribution >= 0.6 is 0 Å². The Balaban J connectivity index is 1.46. The molecule has 0 atom stereocenters. The van der Waals surface area contributed by atoms with Crippen LogP contribution in [0.5, 0.6) is 0 Å². The van der Waals surface area contributed by atoms with E-state index in [0.29, 0.717) is 24.6 Å². The SMILES string of the molecule is O=C(Cc1ccc(C(F)(F)F)cc1)NCCn1ccnc1C1CC1. The largest absolute Gasteiger partial charge is 0.416 e. The molecule has 0 saturated heterocycles. The zero-order chi connectivity index (χ0) is 17.2. The van der Waals surface area contributed by atoms with Gasteiger partial charge in [-0.05, 0) is 30.5 Å². The third kappa shape index (κ3) is 4.15. The van der Waals surface area contributed by atoms with Gasteiger partial charge in [-0.1, -0.05) is 12.1 Å². The van der Waals surface area contributed by atoms with Crippen molar-refractivity contribution in [1.82, 2.24) is 14.9 Å². The number of nitrogens with one attached hydrogen (secondary N) is 1. The van der Waals surface area contributed by atoms with Crippen LogP contribution in [0, 0.1) is 0 Å². The lowest BCUT2D eigenvalue weighted by Crippen LogP contribution is -2.28. The number of hydrogen-bond acceptors (Lipinski definition) is 2. The van der Waals surface area contributed by atoms with E-state index in [1.54, 1.807) is 6.20 Å². The molecule has 4 nitrogen and oxygen atoms in total. The Hall–Kier alpha value is -2.31. The molecule has 1 aromatic heterocycles. The summed E-state index contributed by atoms with van der Waals surface area (Å²) in [6.45, 7) is 1.11. The Bertz CT molecular complexity index is 703. The first kappa shape index (κ1) is 16.5. The maximum absolute atomic E-state index is 12.5. The molecule has 1 fully saturated rings. The summed E-state index contributed by atoms with van der Waals surface area (Å²) in [5, 5.41) is 2.79. The molecule has 1 saturated carbocycles. The van der Waals surface area contributed by atoms with Crippen molar-refractivity contribution in [2.24, 2.45) is 0 Å². The first-order valence-corrected chi connectivity index (χ1v) is 7.87. The van der Waals surface area contributed by atoms with Gasteiger partial charge in [-0.15, -0.1) is 0 Å². The maximum Gasteiger partial charge on any atom is 0.416 e. The summed E-state index contributed by atoms with van der Waals surface area (Å²) in [5.41, 5.74) is -0.152. The Labute approximate surface area is 137 Å². The van der Waals surface area contributed by atoms with E-state index in [0.717, 1.165) is 30.8 Å². The molecule has 24 heavy (non-hydrogen) atoms. The van der Waals surface area contributed by atoms with Crippen LogP contribution in [0.15, 0.2) is 36.7 Å². The number of halogens is 3. The van der Waals surface area contributed by atoms with Crippen molar-refractivity contribution in [3.05, 3.63) is 53.6 Å². The molecule has 3 rings (SSSR count). The van der Waals surface area contributed by atoms with Crippen molar-refractivity contribution in [3.63, 3.8) is 0 Å². The van der Waals surface area contributed by atoms with Gasteiger partial charge in [0.25, 0.3) is 0 Å². The van der Waals surface area contributed by atoms with Gasteiger partial charge in [-0.25, -0.2) is 4.98 Å². The molecule has 1 aliphatic carbocycles. The van der Waals surface area contributed by atoms with Crippen molar-refractivity contribution in [3.8, 4) is 0 Å². The average Bonchev–Trinajstić information content (AvgIpc) is 3.26. The van der Waals surface area contributed by atoms with Crippen molar-refractivity contribution in [2.45, 2.75) is 37.9 Å². The third-order valence-electron chi connectivity index (χ3n) is 4.01. The maximum atomic E-state index is 12.5. The zero-order valence-corrected chi connectivity index (χ0v) is 13.0. The number of imidazole rings is 1. The van der Waals surface area contributed by atoms with E-state index < -0.39 is 11.7 Å². The molecule has 1 aromatic carbocycles. The molecule has 1 amide bonds. The predicted octanol–water partition coefficient (Wildman–Crippen LogP) is 3.14. The van der Waals surface area contributed by atoms with E-state index in [1.165, 1.54) is 12.1 Å². The number of carbonyl (C=O) groups excluding carboxylic acids is 1. The molecule has 0 radical (unpaired) electrons. The summed E-state index contributed by atoms with van der Waals surface area (Å²) in [7, 11) is 0. The molecule has 1 N–H and O–H groups in total. The van der Waals surface area contributed by atoms with E-state index in [9.17, 15) is 18.0 Å². The molecule has 1 aliphatic rings. The highest BCUT2D eigenvalue weighted by Crippen LogP contribution is 2.38. The van der Waals surface area contributed by atoms with Gasteiger partial charge < -0.3 is 9.88 Å². The lowest BCUT2D eigenvalue weighted by atomic mass is 10.1. The summed E-state index contributed by atoms with van der Waals surface area (Å²) in [6.07, 6.45) is 1.70. The zero-order valence-electron chi connectivity index (χ0n) is 13.0. The highest BCUT2D eigenvalue weighted by molar-refractivity contribution is 5.78. The molecule has 0 aliphatic heterocycles. The van der Waals surface area contributed by atoms with E-state index >= 15 is 0 Å². The smallest absolute Gasteiger partial charge is 0.354 e. The minimum absolute atomic E-state index is 0.0670. The van der Waals surface area contributed by atoms with Gasteiger partial charge in [-0.2, -0.15) is 13.2 Å². The molecular weight excluding hydrogens is 319 g/mol. The predicted molar refractivity (Wildman–Crippen MR) is 82.4 cm³/mol. The molecule has 128 valence electrons. The highest BCUT2D eigenvalue weighted by Gasteiger charge is 2.30. The molecule has 2 aromatic rings. The van der Waals surface area contributed by atoms with Crippen molar-refractivity contribution < 1.29 is 18.0 Å². The number of rotatable bonds is 6. The summed E-state index contributed by atoms with van der Waals surface area (Å²) >= 11 is 0. The Morgan fingerprint density at radius 3 is 2.58 bits per heavy atom. The van der Waals surface area contributed by atoms with Crippen LogP contribution in [0.3, 0.4) is 0 Å². The second kappa shape index (κ2) is 6.67. The van der Waals surface area contributed by atoms with E-state index in [2.05, 4.69) is 10.3 Å². The Morgan fingerprint density at radius 2 is 1.96 bits per heavy atom. The quantitative estimate of drug-likeness (QED) is 0.880. The number of hydrogen-bond donors (Lipinski definition) is 1. The molecule has 0 bridgehead atoms. The number of carbonyl (C=O) groups is 1. The minimum Gasteiger partial charge on any atom is -0.354 e. The number of benzene rings is 1. The van der Waals surface area contributed by atoms with Crippen LogP contribution in [0.25, 0.3) is 0 Å². The van der Waals surface area contributed by atoms with Gasteiger partial charge in [0.05, 0.1) is 12.0 Å². The molecule has 0 spiro atoms. The fraction of sp³-hybridized carbons (Fsp3) is 0.412. The molecular formula is C17H18F3N3O. The second-order valence-electron chi connectivity index (χ2n) is 5.97. The molecule has 7 heteroatoms. The summed E-state index contributed by atoms with van der Waals surface area (Å²) in [5.74, 6) is 1.40. The number of amides is 1. The van der Waals surface area contributed by atoms with Crippen LogP contribution in [-0.2, 0) is 23.9 Å². The fourth-order valence-electron chi connectivity index (χ4n) is 2.59. The Morgan fingerprint density at radius 1 is 1.25 bits per heavy atom. The second-order valence-corrected chi connectivity index (χ2v) is 5.97. The van der Waals surface area contributed by atoms with Crippen molar-refractivity contribution >= 4 is 5.91 Å². The lowest BCUT2D eigenvalue weighted by molar-refractivity contribution is -0.137. The van der Waals surface area contributed by atoms with E-state index in [1.807, 2.05) is 10.8 Å². The fourth-order valence-corrected chi connectivity index (χ4v) is 2.59. The van der Waals surface area contributed by atoms with Gasteiger partial charge >= 0.3 is 6.18 Å². The topological polar surface area (TPSA) is 46.9 Å². The summed E-state index contributed by atoms with van der Waals surface area (Å²) < 4.78 is 39.5. The van der Waals surface area contributed by atoms with Crippen LogP contribution in [0.4, 0.5) is 13.2 Å². The Kier molecular flexibility index (Phi) is 4.59. The van der Waals surface area contributed by atoms with Crippen molar-refractivity contribution in [1.29, 1.82) is 0 Å². The number of nitrogens with zero attached hydrogens (tertiary/aromatic N) is 2. The number of aromatic nitrogens is 2. The highest BCUT2D eigenvalue weighted by atomic mass is 19.4. The van der Waals surface area contributed by atoms with Gasteiger partial charge in [-0.3, -0.25) is 4.79 Å². The normalized spacial score (nSPS) is 14.6. The van der Waals surface area contributed by atoms with Gasteiger partial charge in [0.1, 0.15) is 5.82 Å². The van der Waals surface area contributed by atoms with E-state index in [4.69, 9.17) is 0 Å². The first-order valence-electron chi connectivity index (χ1n) is 7.87. The van der Waals surface area contributed by atoms with Gasteiger partial charge in [0.2, 0.25) is 5.91 Å². The number of alkyl halides is 3. The lowest BCUT2D eigenvalue weighted by Gasteiger charge is -2.10. The van der Waals surface area contributed by atoms with Crippen LogP contribution in [0.2, 0.25) is 0 Å². The van der Waals surface area contributed by atoms with Crippen LogP contribution < -0.4 is 5.32 Å². The van der Waals surface area contributed by atoms with Gasteiger partial charge in [0, 0.05) is 31.4 Å². The molecule has 0 unspecified atom stereocenters. The minimum atomic E-state index is -4.36. The molecule has 1 heterocycles. The summed E-state index contributed by atoms with van der Waals surface area (Å²) in [4.78, 5) is 16.2. The van der Waals surface area contributed by atoms with Crippen molar-refractivity contribution in [2.75, 3.05) is 6.54 Å². The monoisotopic (exact) mass is 337 g/mol. The average molecular weight is 337 g/mol. The van der Waals surface area contributed by atoms with Crippen LogP contribution in [-0.4, -0.2) is 22.0 Å². The summed E-state index contributed by atoms with van der Waals surface area (Å²) in [6, 6.07) is 4.67.